The maximum absolute atomic E-state index is 12.9. The Labute approximate surface area is 149 Å². The molecule has 0 saturated carbocycles. The molecule has 0 N–H and O–H groups in total. The Morgan fingerprint density at radius 3 is 2.16 bits per heavy atom. The van der Waals surface area contributed by atoms with Crippen LogP contribution in [0, 0.1) is 0 Å². The van der Waals surface area contributed by atoms with E-state index in [1.807, 2.05) is 30.3 Å². The van der Waals surface area contributed by atoms with Gasteiger partial charge in [0.05, 0.1) is 12.7 Å². The highest BCUT2D eigenvalue weighted by molar-refractivity contribution is 6.11. The molecule has 25 heavy (non-hydrogen) atoms. The van der Waals surface area contributed by atoms with Gasteiger partial charge in [0.15, 0.2) is 11.6 Å². The second-order valence-corrected chi connectivity index (χ2v) is 7.06. The minimum Gasteiger partial charge on any atom is -0.496 e. The molecule has 2 aromatic carbocycles. The van der Waals surface area contributed by atoms with E-state index in [1.165, 1.54) is 13.0 Å². The molecule has 0 unspecified atom stereocenters. The van der Waals surface area contributed by atoms with Crippen molar-refractivity contribution in [3.05, 3.63) is 70.8 Å². The number of allylic oxidation sites excluding steroid dienone is 1. The number of rotatable bonds is 5. The molecular weight excluding hydrogens is 312 g/mol. The van der Waals surface area contributed by atoms with Gasteiger partial charge in [0.25, 0.3) is 0 Å². The van der Waals surface area contributed by atoms with E-state index < -0.39 is 0 Å². The molecule has 130 valence electrons. The average molecular weight is 336 g/mol. The second-order valence-electron chi connectivity index (χ2n) is 7.06. The maximum atomic E-state index is 12.9. The van der Waals surface area contributed by atoms with Crippen molar-refractivity contribution in [3.8, 4) is 5.75 Å². The third kappa shape index (κ3) is 4.66. The van der Waals surface area contributed by atoms with Gasteiger partial charge in [0, 0.05) is 5.56 Å². The first-order valence-electron chi connectivity index (χ1n) is 8.24. The number of carbonyl (C=O) groups is 2. The van der Waals surface area contributed by atoms with Crippen molar-refractivity contribution in [1.29, 1.82) is 0 Å². The van der Waals surface area contributed by atoms with Crippen LogP contribution in [-0.2, 0) is 10.2 Å². The van der Waals surface area contributed by atoms with Crippen molar-refractivity contribution in [1.82, 2.24) is 0 Å². The summed E-state index contributed by atoms with van der Waals surface area (Å²) >= 11 is 0. The number of carbonyl (C=O) groups excluding carboxylic acids is 2. The zero-order valence-electron chi connectivity index (χ0n) is 15.4. The lowest BCUT2D eigenvalue weighted by atomic mass is 9.85. The van der Waals surface area contributed by atoms with E-state index in [-0.39, 0.29) is 17.0 Å². The molecule has 0 aliphatic carbocycles. The van der Waals surface area contributed by atoms with Gasteiger partial charge in [0.2, 0.25) is 0 Å². The van der Waals surface area contributed by atoms with Crippen molar-refractivity contribution in [2.45, 2.75) is 33.1 Å². The van der Waals surface area contributed by atoms with Gasteiger partial charge in [-0.15, -0.1) is 0 Å². The van der Waals surface area contributed by atoms with Crippen molar-refractivity contribution in [3.63, 3.8) is 0 Å². The van der Waals surface area contributed by atoms with Crippen LogP contribution in [0.2, 0.25) is 0 Å². The summed E-state index contributed by atoms with van der Waals surface area (Å²) in [6, 6.07) is 12.9. The lowest BCUT2D eigenvalue weighted by Gasteiger charge is -2.20. The van der Waals surface area contributed by atoms with E-state index in [0.29, 0.717) is 16.9 Å². The Kier molecular flexibility index (Phi) is 5.58. The lowest BCUT2D eigenvalue weighted by Crippen LogP contribution is -2.13. The van der Waals surface area contributed by atoms with Crippen molar-refractivity contribution in [2.24, 2.45) is 0 Å². The maximum Gasteiger partial charge on any atom is 0.196 e. The zero-order chi connectivity index (χ0) is 18.6. The summed E-state index contributed by atoms with van der Waals surface area (Å²) in [5, 5.41) is 0. The summed E-state index contributed by atoms with van der Waals surface area (Å²) in [5.41, 5.74) is 3.05. The summed E-state index contributed by atoms with van der Waals surface area (Å²) in [7, 11) is 1.57. The van der Waals surface area contributed by atoms with Crippen LogP contribution < -0.4 is 4.74 Å². The topological polar surface area (TPSA) is 43.4 Å². The number of ketones is 2. The monoisotopic (exact) mass is 336 g/mol. The third-order valence-electron chi connectivity index (χ3n) is 3.99. The van der Waals surface area contributed by atoms with Crippen LogP contribution in [0.4, 0.5) is 0 Å². The lowest BCUT2D eigenvalue weighted by molar-refractivity contribution is -0.112. The van der Waals surface area contributed by atoms with E-state index in [2.05, 4.69) is 20.8 Å². The molecule has 0 bridgehead atoms. The molecule has 0 saturated heterocycles. The van der Waals surface area contributed by atoms with Crippen LogP contribution >= 0.6 is 0 Å². The number of benzene rings is 2. The molecule has 0 atom stereocenters. The molecule has 2 rings (SSSR count). The Morgan fingerprint density at radius 2 is 1.64 bits per heavy atom. The van der Waals surface area contributed by atoms with Gasteiger partial charge in [0.1, 0.15) is 5.75 Å². The van der Waals surface area contributed by atoms with Crippen LogP contribution in [0.3, 0.4) is 0 Å². The molecule has 0 fully saturated rings. The summed E-state index contributed by atoms with van der Waals surface area (Å²) < 4.78 is 5.37. The van der Waals surface area contributed by atoms with E-state index >= 15 is 0 Å². The first kappa shape index (κ1) is 18.7. The summed E-state index contributed by atoms with van der Waals surface area (Å²) in [6.07, 6.45) is 3.24. The minimum atomic E-state index is -0.0787. The molecule has 0 aromatic heterocycles. The first-order chi connectivity index (χ1) is 11.7. The first-order valence-corrected chi connectivity index (χ1v) is 8.24. The van der Waals surface area contributed by atoms with E-state index in [0.717, 1.165) is 11.1 Å². The molecule has 0 amide bonds. The summed E-state index contributed by atoms with van der Waals surface area (Å²) in [5.74, 6) is 0.479. The van der Waals surface area contributed by atoms with E-state index in [9.17, 15) is 9.59 Å². The number of ether oxygens (including phenoxy) is 1. The fraction of sp³-hybridized carbons (Fsp3) is 0.273. The Bertz CT molecular complexity index is 806. The second kappa shape index (κ2) is 7.47. The smallest absolute Gasteiger partial charge is 0.196 e. The van der Waals surface area contributed by atoms with Gasteiger partial charge in [-0.2, -0.15) is 0 Å². The van der Waals surface area contributed by atoms with Gasteiger partial charge in [-0.25, -0.2) is 0 Å². The SMILES string of the molecule is COc1ccc(C(C)(C)C)cc1C(=O)c1ccc(/C=C/C(C)=O)cc1. The largest absolute Gasteiger partial charge is 0.496 e. The quantitative estimate of drug-likeness (QED) is 0.580. The van der Waals surface area contributed by atoms with Crippen LogP contribution in [0.5, 0.6) is 5.75 Å². The Morgan fingerprint density at radius 1 is 1.00 bits per heavy atom. The standard InChI is InChI=1S/C22H24O3/c1-15(23)6-7-16-8-10-17(11-9-16)21(24)19-14-18(22(2,3)4)12-13-20(19)25-5/h6-14H,1-5H3/b7-6+. The van der Waals surface area contributed by atoms with E-state index in [1.54, 1.807) is 25.3 Å². The molecule has 0 radical (unpaired) electrons. The van der Waals surface area contributed by atoms with Crippen LogP contribution in [0.15, 0.2) is 48.5 Å². The van der Waals surface area contributed by atoms with Gasteiger partial charge >= 0.3 is 0 Å². The highest BCUT2D eigenvalue weighted by atomic mass is 16.5. The third-order valence-corrected chi connectivity index (χ3v) is 3.99. The molecule has 2 aromatic rings. The van der Waals surface area contributed by atoms with Gasteiger partial charge in [-0.3, -0.25) is 9.59 Å². The molecule has 0 aliphatic heterocycles. The number of hydrogen-bond acceptors (Lipinski definition) is 3. The fourth-order valence-electron chi connectivity index (χ4n) is 2.47. The van der Waals surface area contributed by atoms with Crippen LogP contribution in [-0.4, -0.2) is 18.7 Å². The molecule has 0 spiro atoms. The fourth-order valence-corrected chi connectivity index (χ4v) is 2.47. The normalized spacial score (nSPS) is 11.6. The zero-order valence-corrected chi connectivity index (χ0v) is 15.4. The molecule has 0 heterocycles. The average Bonchev–Trinajstić information content (AvgIpc) is 2.58. The molecular formula is C22H24O3. The Hall–Kier alpha value is -2.68. The molecule has 0 aliphatic rings. The predicted molar refractivity (Wildman–Crippen MR) is 101 cm³/mol. The molecule has 3 nitrogen and oxygen atoms in total. The van der Waals surface area contributed by atoms with Gasteiger partial charge in [-0.1, -0.05) is 57.2 Å². The predicted octanol–water partition coefficient (Wildman–Crippen LogP) is 4.83. The summed E-state index contributed by atoms with van der Waals surface area (Å²) in [6.45, 7) is 7.83. The van der Waals surface area contributed by atoms with Crippen LogP contribution in [0.25, 0.3) is 6.08 Å². The van der Waals surface area contributed by atoms with Crippen molar-refractivity contribution < 1.29 is 14.3 Å². The molecule has 3 heteroatoms. The highest BCUT2D eigenvalue weighted by Crippen LogP contribution is 2.29. The van der Waals surface area contributed by atoms with E-state index in [4.69, 9.17) is 4.74 Å². The van der Waals surface area contributed by atoms with Gasteiger partial charge in [-0.05, 0) is 41.7 Å². The van der Waals surface area contributed by atoms with Gasteiger partial charge < -0.3 is 4.74 Å². The summed E-state index contributed by atoms with van der Waals surface area (Å²) in [4.78, 5) is 23.9. The number of hydrogen-bond donors (Lipinski definition) is 0. The van der Waals surface area contributed by atoms with Crippen LogP contribution in [0.1, 0.15) is 54.7 Å². The highest BCUT2D eigenvalue weighted by Gasteiger charge is 2.20. The van der Waals surface area contributed by atoms with Crippen molar-refractivity contribution >= 4 is 17.6 Å². The Balaban J connectivity index is 2.38. The number of methoxy groups -OCH3 is 1. The minimum absolute atomic E-state index is 0.0103. The van der Waals surface area contributed by atoms with Crippen molar-refractivity contribution in [2.75, 3.05) is 7.11 Å².